The van der Waals surface area contributed by atoms with Gasteiger partial charge in [-0.25, -0.2) is 9.59 Å². The predicted molar refractivity (Wildman–Crippen MR) is 110 cm³/mol. The number of rotatable bonds is 9. The second-order valence-corrected chi connectivity index (χ2v) is 7.90. The first-order valence-electron chi connectivity index (χ1n) is 9.66. The molecule has 0 radical (unpaired) electrons. The van der Waals surface area contributed by atoms with Crippen LogP contribution in [-0.4, -0.2) is 34.2 Å². The quantitative estimate of drug-likeness (QED) is 0.344. The number of fused-ring (bicyclic) bond motifs is 1. The Labute approximate surface area is 165 Å². The lowest BCUT2D eigenvalue weighted by Crippen LogP contribution is -2.26. The van der Waals surface area contributed by atoms with E-state index in [0.29, 0.717) is 19.4 Å². The molecular formula is C22H30N2O4. The Morgan fingerprint density at radius 1 is 1.11 bits per heavy atom. The van der Waals surface area contributed by atoms with Crippen LogP contribution in [0.15, 0.2) is 41.6 Å². The summed E-state index contributed by atoms with van der Waals surface area (Å²) >= 11 is 0. The van der Waals surface area contributed by atoms with Gasteiger partial charge < -0.3 is 20.6 Å². The van der Waals surface area contributed by atoms with E-state index in [9.17, 15) is 14.7 Å². The summed E-state index contributed by atoms with van der Waals surface area (Å²) in [6.07, 6.45) is 4.68. The molecule has 0 atom stereocenters. The fourth-order valence-corrected chi connectivity index (χ4v) is 3.12. The average molecular weight is 386 g/mol. The molecule has 0 amide bonds. The first-order chi connectivity index (χ1) is 13.2. The Morgan fingerprint density at radius 2 is 1.82 bits per heavy atom. The van der Waals surface area contributed by atoms with Crippen molar-refractivity contribution < 1.29 is 19.4 Å². The van der Waals surface area contributed by atoms with Gasteiger partial charge in [0.2, 0.25) is 0 Å². The first-order valence-corrected chi connectivity index (χ1v) is 9.66. The van der Waals surface area contributed by atoms with Gasteiger partial charge in [0.05, 0.1) is 5.57 Å². The molecule has 0 saturated carbocycles. The lowest BCUT2D eigenvalue weighted by Gasteiger charge is -2.21. The molecule has 6 heteroatoms. The number of nitrogens with one attached hydrogen (secondary N) is 1. The van der Waals surface area contributed by atoms with Crippen LogP contribution in [0.4, 0.5) is 0 Å². The Hall–Kier alpha value is -2.60. The Morgan fingerprint density at radius 3 is 2.46 bits per heavy atom. The van der Waals surface area contributed by atoms with E-state index in [1.807, 2.05) is 24.3 Å². The van der Waals surface area contributed by atoms with Gasteiger partial charge in [0.25, 0.3) is 0 Å². The number of benzene rings is 1. The molecule has 28 heavy (non-hydrogen) atoms. The highest BCUT2D eigenvalue weighted by atomic mass is 16.6. The Kier molecular flexibility index (Phi) is 7.40. The molecule has 0 spiro atoms. The number of unbranched alkanes of at least 4 members (excludes halogenated alkanes) is 2. The molecule has 0 aliphatic heterocycles. The van der Waals surface area contributed by atoms with Crippen LogP contribution >= 0.6 is 0 Å². The molecule has 0 unspecified atom stereocenters. The number of hydrogen-bond acceptors (Lipinski definition) is 4. The smallest absolute Gasteiger partial charge is 0.335 e. The van der Waals surface area contributed by atoms with Gasteiger partial charge in [0, 0.05) is 29.1 Å². The van der Waals surface area contributed by atoms with Gasteiger partial charge >= 0.3 is 11.9 Å². The molecule has 152 valence electrons. The van der Waals surface area contributed by atoms with Gasteiger partial charge in [0.15, 0.2) is 0 Å². The first kappa shape index (κ1) is 21.7. The van der Waals surface area contributed by atoms with Crippen molar-refractivity contribution in [1.82, 2.24) is 4.98 Å². The van der Waals surface area contributed by atoms with Crippen LogP contribution in [0.5, 0.6) is 0 Å². The van der Waals surface area contributed by atoms with Crippen LogP contribution in [0.3, 0.4) is 0 Å². The molecule has 0 aliphatic carbocycles. The predicted octanol–water partition coefficient (Wildman–Crippen LogP) is 3.95. The number of nitrogens with two attached hydrogens (primary N) is 1. The second kappa shape index (κ2) is 9.55. The third kappa shape index (κ3) is 5.96. The molecule has 1 aromatic heterocycles. The largest absolute Gasteiger partial charge is 0.478 e. The lowest BCUT2D eigenvalue weighted by molar-refractivity contribution is -0.150. The van der Waals surface area contributed by atoms with E-state index in [1.165, 1.54) is 0 Å². The Balaban J connectivity index is 2.39. The van der Waals surface area contributed by atoms with Gasteiger partial charge in [-0.2, -0.15) is 0 Å². The van der Waals surface area contributed by atoms with Gasteiger partial charge in [0.1, 0.15) is 5.60 Å². The average Bonchev–Trinajstić information content (AvgIpc) is 3.01. The fourth-order valence-electron chi connectivity index (χ4n) is 3.12. The van der Waals surface area contributed by atoms with Crippen LogP contribution in [-0.2, 0) is 20.7 Å². The van der Waals surface area contributed by atoms with Crippen LogP contribution in [0.25, 0.3) is 10.9 Å². The number of carbonyl (C=O) groups excluding carboxylic acids is 1. The van der Waals surface area contributed by atoms with Gasteiger partial charge in [-0.05, 0) is 58.2 Å². The van der Waals surface area contributed by atoms with Gasteiger partial charge in [-0.1, -0.05) is 24.6 Å². The lowest BCUT2D eigenvalue weighted by atomic mass is 9.95. The number of carboxylic acids is 1. The van der Waals surface area contributed by atoms with Crippen molar-refractivity contribution in [1.29, 1.82) is 0 Å². The number of para-hydroxylation sites is 1. The van der Waals surface area contributed by atoms with Crippen LogP contribution in [0.1, 0.15) is 52.0 Å². The highest BCUT2D eigenvalue weighted by Gasteiger charge is 2.26. The SMILES string of the molecule is CC(C)(C)OC(=O)C(CCCCCN)=C(Cc1c[nH]c2ccccc12)C(=O)O. The molecule has 1 heterocycles. The standard InChI is InChI=1S/C22H30N2O4/c1-22(2,3)28-21(27)17(10-5-4-8-12-23)18(20(25)26)13-15-14-24-19-11-7-6-9-16(15)19/h6-7,9,11,14,24H,4-5,8,10,12-13,23H2,1-3H3,(H,25,26). The zero-order valence-corrected chi connectivity index (χ0v) is 16.9. The summed E-state index contributed by atoms with van der Waals surface area (Å²) in [5.74, 6) is -1.65. The van der Waals surface area contributed by atoms with E-state index in [-0.39, 0.29) is 17.6 Å². The summed E-state index contributed by atoms with van der Waals surface area (Å²) < 4.78 is 5.50. The number of carbonyl (C=O) groups is 2. The van der Waals surface area contributed by atoms with Crippen LogP contribution in [0, 0.1) is 0 Å². The van der Waals surface area contributed by atoms with Crippen molar-refractivity contribution in [3.05, 3.63) is 47.2 Å². The monoisotopic (exact) mass is 386 g/mol. The summed E-state index contributed by atoms with van der Waals surface area (Å²) in [4.78, 5) is 28.0. The molecule has 2 rings (SSSR count). The zero-order chi connectivity index (χ0) is 20.7. The van der Waals surface area contributed by atoms with E-state index in [4.69, 9.17) is 10.5 Å². The number of ether oxygens (including phenoxy) is 1. The molecule has 1 aromatic carbocycles. The zero-order valence-electron chi connectivity index (χ0n) is 16.9. The minimum Gasteiger partial charge on any atom is -0.478 e. The third-order valence-electron chi connectivity index (χ3n) is 4.44. The van der Waals surface area contributed by atoms with E-state index in [0.717, 1.165) is 29.3 Å². The second-order valence-electron chi connectivity index (χ2n) is 7.90. The van der Waals surface area contributed by atoms with E-state index in [1.54, 1.807) is 27.0 Å². The maximum absolute atomic E-state index is 12.8. The Bertz CT molecular complexity index is 859. The topological polar surface area (TPSA) is 105 Å². The number of aliphatic carboxylic acids is 1. The summed E-state index contributed by atoms with van der Waals surface area (Å²) in [5.41, 5.74) is 6.96. The fraction of sp³-hybridized carbons (Fsp3) is 0.455. The molecule has 6 nitrogen and oxygen atoms in total. The summed E-state index contributed by atoms with van der Waals surface area (Å²) in [6, 6.07) is 7.70. The molecule has 0 saturated heterocycles. The number of aromatic nitrogens is 1. The normalized spacial score (nSPS) is 12.7. The van der Waals surface area contributed by atoms with Gasteiger partial charge in [-0.3, -0.25) is 0 Å². The molecule has 2 aromatic rings. The van der Waals surface area contributed by atoms with Crippen LogP contribution in [0.2, 0.25) is 0 Å². The molecular weight excluding hydrogens is 356 g/mol. The minimum absolute atomic E-state index is 0.0896. The van der Waals surface area contributed by atoms with Crippen molar-refractivity contribution >= 4 is 22.8 Å². The number of esters is 1. The van der Waals surface area contributed by atoms with E-state index in [2.05, 4.69) is 4.98 Å². The number of carboxylic acid groups (broad SMARTS) is 1. The number of hydrogen-bond donors (Lipinski definition) is 3. The molecule has 0 fully saturated rings. The number of H-pyrrole nitrogens is 1. The number of aromatic amines is 1. The molecule has 0 aliphatic rings. The molecule has 0 bridgehead atoms. The third-order valence-corrected chi connectivity index (χ3v) is 4.44. The summed E-state index contributed by atoms with van der Waals surface area (Å²) in [5, 5.41) is 10.8. The minimum atomic E-state index is -1.09. The van der Waals surface area contributed by atoms with Crippen LogP contribution < -0.4 is 5.73 Å². The van der Waals surface area contributed by atoms with E-state index < -0.39 is 17.5 Å². The highest BCUT2D eigenvalue weighted by molar-refractivity contribution is 6.00. The maximum Gasteiger partial charge on any atom is 0.335 e. The summed E-state index contributed by atoms with van der Waals surface area (Å²) in [6.45, 7) is 5.90. The van der Waals surface area contributed by atoms with Crippen molar-refractivity contribution in [3.63, 3.8) is 0 Å². The van der Waals surface area contributed by atoms with Crippen molar-refractivity contribution in [3.8, 4) is 0 Å². The van der Waals surface area contributed by atoms with Crippen molar-refractivity contribution in [2.24, 2.45) is 5.73 Å². The van der Waals surface area contributed by atoms with Crippen molar-refractivity contribution in [2.75, 3.05) is 6.54 Å². The summed E-state index contributed by atoms with van der Waals surface area (Å²) in [7, 11) is 0. The van der Waals surface area contributed by atoms with E-state index >= 15 is 0 Å². The highest BCUT2D eigenvalue weighted by Crippen LogP contribution is 2.25. The maximum atomic E-state index is 12.8. The van der Waals surface area contributed by atoms with Gasteiger partial charge in [-0.15, -0.1) is 0 Å². The molecule has 4 N–H and O–H groups in total. The van der Waals surface area contributed by atoms with Crippen molar-refractivity contribution in [2.45, 2.75) is 58.5 Å².